The van der Waals surface area contributed by atoms with Crippen molar-refractivity contribution in [3.8, 4) is 0 Å². The van der Waals surface area contributed by atoms with Gasteiger partial charge in [-0.15, -0.1) is 0 Å². The van der Waals surface area contributed by atoms with Gasteiger partial charge in [-0.05, 0) is 20.8 Å². The van der Waals surface area contributed by atoms with E-state index in [1.807, 2.05) is 4.68 Å². The number of aromatic nitrogens is 2. The minimum Gasteiger partial charge on any atom is -0.368 e. The van der Waals surface area contributed by atoms with Crippen molar-refractivity contribution in [3.05, 3.63) is 17.0 Å². The van der Waals surface area contributed by atoms with Crippen molar-refractivity contribution in [2.24, 2.45) is 0 Å². The Bertz CT molecular complexity index is 300. The van der Waals surface area contributed by atoms with Gasteiger partial charge in [-0.2, -0.15) is 5.10 Å². The van der Waals surface area contributed by atoms with E-state index in [1.165, 1.54) is 11.3 Å². The topological polar surface area (TPSA) is 30.4 Å². The molecule has 1 aliphatic heterocycles. The maximum absolute atomic E-state index is 5.26. The summed E-state index contributed by atoms with van der Waals surface area (Å²) < 4.78 is 7.29. The summed E-state index contributed by atoms with van der Waals surface area (Å²) in [6.45, 7) is 8.09. The van der Waals surface area contributed by atoms with E-state index in [-0.39, 0.29) is 0 Å². The minimum atomic E-state index is 0.338. The van der Waals surface area contributed by atoms with Crippen molar-refractivity contribution < 1.29 is 4.74 Å². The molecule has 1 saturated heterocycles. The zero-order valence-corrected chi connectivity index (χ0v) is 7.79. The molecule has 0 saturated carbocycles. The molecule has 0 radical (unpaired) electrons. The van der Waals surface area contributed by atoms with E-state index in [1.54, 1.807) is 0 Å². The Hall–Kier alpha value is -0.830. The van der Waals surface area contributed by atoms with Gasteiger partial charge in [0.1, 0.15) is 6.10 Å². The Labute approximate surface area is 72.3 Å². The van der Waals surface area contributed by atoms with E-state index >= 15 is 0 Å². The van der Waals surface area contributed by atoms with Gasteiger partial charge in [0.05, 0.1) is 12.3 Å². The molecule has 1 aromatic heterocycles. The van der Waals surface area contributed by atoms with Crippen LogP contribution >= 0.6 is 0 Å². The van der Waals surface area contributed by atoms with Crippen LogP contribution in [-0.2, 0) is 11.3 Å². The van der Waals surface area contributed by atoms with Crippen LogP contribution in [-0.4, -0.2) is 16.4 Å². The molecule has 1 aliphatic rings. The highest BCUT2D eigenvalue weighted by molar-refractivity contribution is 5.29. The second-order valence-corrected chi connectivity index (χ2v) is 3.22. The van der Waals surface area contributed by atoms with E-state index in [9.17, 15) is 0 Å². The molecule has 0 aromatic carbocycles. The number of ether oxygens (including phenoxy) is 1. The fourth-order valence-corrected chi connectivity index (χ4v) is 1.70. The molecule has 12 heavy (non-hydrogen) atoms. The van der Waals surface area contributed by atoms with Gasteiger partial charge in [0.15, 0.2) is 0 Å². The summed E-state index contributed by atoms with van der Waals surface area (Å²) in [6, 6.07) is 0. The first kappa shape index (κ1) is 7.80. The summed E-state index contributed by atoms with van der Waals surface area (Å²) >= 11 is 0. The molecule has 0 unspecified atom stereocenters. The molecule has 3 heteroatoms. The van der Waals surface area contributed by atoms with Crippen molar-refractivity contribution in [2.45, 2.75) is 33.4 Å². The van der Waals surface area contributed by atoms with Crippen LogP contribution in [0, 0.1) is 13.8 Å². The summed E-state index contributed by atoms with van der Waals surface area (Å²) in [5, 5.41) is 4.43. The first-order valence-corrected chi connectivity index (χ1v) is 4.39. The average Bonchev–Trinajstić information content (AvgIpc) is 2.80. The first-order valence-electron chi connectivity index (χ1n) is 4.39. The number of hydrogen-bond donors (Lipinski definition) is 0. The van der Waals surface area contributed by atoms with Crippen LogP contribution in [0.4, 0.5) is 0 Å². The lowest BCUT2D eigenvalue weighted by Gasteiger charge is -1.98. The molecular formula is C9H14N2O. The third kappa shape index (κ3) is 1.05. The molecule has 2 heterocycles. The second-order valence-electron chi connectivity index (χ2n) is 3.22. The Morgan fingerprint density at radius 2 is 2.25 bits per heavy atom. The molecule has 0 bridgehead atoms. The van der Waals surface area contributed by atoms with Gasteiger partial charge in [0.2, 0.25) is 0 Å². The number of epoxide rings is 1. The van der Waals surface area contributed by atoms with Crippen LogP contribution < -0.4 is 0 Å². The predicted octanol–water partition coefficient (Wildman–Crippen LogP) is 1.59. The summed E-state index contributed by atoms with van der Waals surface area (Å²) in [4.78, 5) is 0. The summed E-state index contributed by atoms with van der Waals surface area (Å²) in [5.41, 5.74) is 3.69. The van der Waals surface area contributed by atoms with Crippen LogP contribution in [0.15, 0.2) is 0 Å². The fraction of sp³-hybridized carbons (Fsp3) is 0.667. The van der Waals surface area contributed by atoms with Gasteiger partial charge >= 0.3 is 0 Å². The van der Waals surface area contributed by atoms with E-state index in [0.29, 0.717) is 6.10 Å². The highest BCUT2D eigenvalue weighted by atomic mass is 16.6. The van der Waals surface area contributed by atoms with Gasteiger partial charge in [0, 0.05) is 17.8 Å². The maximum atomic E-state index is 5.26. The van der Waals surface area contributed by atoms with Crippen molar-refractivity contribution in [2.75, 3.05) is 6.61 Å². The van der Waals surface area contributed by atoms with E-state index < -0.39 is 0 Å². The van der Waals surface area contributed by atoms with Crippen LogP contribution in [0.5, 0.6) is 0 Å². The predicted molar refractivity (Wildman–Crippen MR) is 46.1 cm³/mol. The lowest BCUT2D eigenvalue weighted by molar-refractivity contribution is 0.414. The van der Waals surface area contributed by atoms with Gasteiger partial charge in [-0.1, -0.05) is 0 Å². The van der Waals surface area contributed by atoms with Crippen molar-refractivity contribution in [3.63, 3.8) is 0 Å². The van der Waals surface area contributed by atoms with E-state index in [2.05, 4.69) is 25.9 Å². The van der Waals surface area contributed by atoms with Gasteiger partial charge in [-0.3, -0.25) is 4.68 Å². The zero-order chi connectivity index (χ0) is 8.72. The molecule has 0 N–H and O–H groups in total. The number of hydrogen-bond acceptors (Lipinski definition) is 2. The molecule has 1 fully saturated rings. The third-order valence-electron chi connectivity index (χ3n) is 2.39. The Kier molecular flexibility index (Phi) is 1.68. The highest BCUT2D eigenvalue weighted by Crippen LogP contribution is 2.34. The fourth-order valence-electron chi connectivity index (χ4n) is 1.70. The van der Waals surface area contributed by atoms with Crippen LogP contribution in [0.25, 0.3) is 0 Å². The van der Waals surface area contributed by atoms with E-state index in [4.69, 9.17) is 4.74 Å². The number of aryl methyl sites for hydroxylation is 2. The zero-order valence-electron chi connectivity index (χ0n) is 7.79. The lowest BCUT2D eigenvalue weighted by Crippen LogP contribution is -1.99. The monoisotopic (exact) mass is 166 g/mol. The highest BCUT2D eigenvalue weighted by Gasteiger charge is 2.30. The first-order chi connectivity index (χ1) is 5.74. The molecule has 0 aliphatic carbocycles. The van der Waals surface area contributed by atoms with Gasteiger partial charge < -0.3 is 4.74 Å². The average molecular weight is 166 g/mol. The Morgan fingerprint density at radius 1 is 1.58 bits per heavy atom. The van der Waals surface area contributed by atoms with Crippen molar-refractivity contribution in [1.82, 2.24) is 9.78 Å². The smallest absolute Gasteiger partial charge is 0.110 e. The van der Waals surface area contributed by atoms with Crippen LogP contribution in [0.3, 0.4) is 0 Å². The number of rotatable bonds is 2. The van der Waals surface area contributed by atoms with E-state index in [0.717, 1.165) is 18.8 Å². The minimum absolute atomic E-state index is 0.338. The van der Waals surface area contributed by atoms with Crippen LogP contribution in [0.1, 0.15) is 30.0 Å². The maximum Gasteiger partial charge on any atom is 0.110 e. The second kappa shape index (κ2) is 2.59. The third-order valence-corrected chi connectivity index (χ3v) is 2.39. The normalized spacial score (nSPS) is 21.4. The standard InChI is InChI=1S/C9H14N2O/c1-4-11-7(3)9(6(2)10-11)8-5-12-8/h8H,4-5H2,1-3H3/t8-/m0/s1. The molecule has 0 amide bonds. The summed E-state index contributed by atoms with van der Waals surface area (Å²) in [5.74, 6) is 0. The molecule has 3 nitrogen and oxygen atoms in total. The van der Waals surface area contributed by atoms with Crippen molar-refractivity contribution in [1.29, 1.82) is 0 Å². The lowest BCUT2D eigenvalue weighted by atomic mass is 10.1. The molecule has 0 spiro atoms. The quantitative estimate of drug-likeness (QED) is 0.624. The van der Waals surface area contributed by atoms with Crippen molar-refractivity contribution >= 4 is 0 Å². The molecular weight excluding hydrogens is 152 g/mol. The molecule has 1 aromatic rings. The Balaban J connectivity index is 2.44. The molecule has 2 rings (SSSR count). The summed E-state index contributed by atoms with van der Waals surface area (Å²) in [7, 11) is 0. The SMILES string of the molecule is CCn1nc(C)c([C@@H]2CO2)c1C. The van der Waals surface area contributed by atoms with Gasteiger partial charge in [0.25, 0.3) is 0 Å². The largest absolute Gasteiger partial charge is 0.368 e. The molecule has 66 valence electrons. The van der Waals surface area contributed by atoms with Gasteiger partial charge in [-0.25, -0.2) is 0 Å². The van der Waals surface area contributed by atoms with Crippen LogP contribution in [0.2, 0.25) is 0 Å². The Morgan fingerprint density at radius 3 is 2.67 bits per heavy atom. The number of nitrogens with zero attached hydrogens (tertiary/aromatic N) is 2. The summed E-state index contributed by atoms with van der Waals surface area (Å²) in [6.07, 6.45) is 0.338. The molecule has 1 atom stereocenters.